The molecule has 28 heavy (non-hydrogen) atoms. The van der Waals surface area contributed by atoms with Crippen LogP contribution < -0.4 is 4.74 Å². The van der Waals surface area contributed by atoms with Gasteiger partial charge < -0.3 is 9.64 Å². The van der Waals surface area contributed by atoms with E-state index in [0.717, 1.165) is 24.2 Å². The number of sulfone groups is 1. The highest BCUT2D eigenvalue weighted by molar-refractivity contribution is 7.91. The van der Waals surface area contributed by atoms with Crippen molar-refractivity contribution >= 4 is 15.7 Å². The zero-order chi connectivity index (χ0) is 20.1. The van der Waals surface area contributed by atoms with Gasteiger partial charge in [-0.05, 0) is 43.9 Å². The number of carbonyl (C=O) groups is 1. The highest BCUT2D eigenvalue weighted by Gasteiger charge is 2.46. The number of fused-ring (bicyclic) bond motifs is 2. The summed E-state index contributed by atoms with van der Waals surface area (Å²) in [6, 6.07) is 9.35. The van der Waals surface area contributed by atoms with Crippen molar-refractivity contribution in [2.24, 2.45) is 7.05 Å². The number of piperidine rings is 1. The molecule has 2 atom stereocenters. The summed E-state index contributed by atoms with van der Waals surface area (Å²) in [6.07, 6.45) is 4.09. The first-order chi connectivity index (χ1) is 13.3. The molecule has 0 spiro atoms. The zero-order valence-electron chi connectivity index (χ0n) is 16.3. The fraction of sp³-hybridized carbons (Fsp3) is 0.500. The van der Waals surface area contributed by atoms with Gasteiger partial charge in [0.2, 0.25) is 0 Å². The highest BCUT2D eigenvalue weighted by atomic mass is 32.2. The second-order valence-corrected chi connectivity index (χ2v) is 10.1. The summed E-state index contributed by atoms with van der Waals surface area (Å²) in [5, 5.41) is 4.17. The first-order valence-electron chi connectivity index (χ1n) is 9.48. The van der Waals surface area contributed by atoms with E-state index in [4.69, 9.17) is 4.74 Å². The molecule has 7 nitrogen and oxygen atoms in total. The molecule has 2 saturated heterocycles. The molecule has 1 aromatic carbocycles. The Hall–Kier alpha value is -2.35. The summed E-state index contributed by atoms with van der Waals surface area (Å²) in [5.41, 5.74) is 2.11. The van der Waals surface area contributed by atoms with E-state index in [1.54, 1.807) is 24.9 Å². The lowest BCUT2D eigenvalue weighted by molar-refractivity contribution is 0.0587. The summed E-state index contributed by atoms with van der Waals surface area (Å²) >= 11 is 0. The van der Waals surface area contributed by atoms with Crippen molar-refractivity contribution in [1.82, 2.24) is 14.7 Å². The number of hydrogen-bond acceptors (Lipinski definition) is 5. The number of aryl methyl sites for hydroxylation is 1. The molecule has 4 rings (SSSR count). The Morgan fingerprint density at radius 2 is 1.86 bits per heavy atom. The average molecular weight is 404 g/mol. The Bertz CT molecular complexity index is 1000. The van der Waals surface area contributed by atoms with Crippen LogP contribution in [0, 0.1) is 0 Å². The maximum atomic E-state index is 13.3. The normalized spacial score (nSPS) is 24.4. The summed E-state index contributed by atoms with van der Waals surface area (Å²) in [4.78, 5) is 15.2. The number of rotatable bonds is 4. The minimum absolute atomic E-state index is 0.0128. The predicted molar refractivity (Wildman–Crippen MR) is 106 cm³/mol. The second kappa shape index (κ2) is 6.92. The van der Waals surface area contributed by atoms with Crippen LogP contribution in [0.2, 0.25) is 0 Å². The number of amides is 1. The van der Waals surface area contributed by atoms with Crippen molar-refractivity contribution in [3.63, 3.8) is 0 Å². The molecule has 0 radical (unpaired) electrons. The van der Waals surface area contributed by atoms with Crippen molar-refractivity contribution in [3.8, 4) is 17.0 Å². The van der Waals surface area contributed by atoms with Crippen molar-refractivity contribution < 1.29 is 17.9 Å². The number of methoxy groups -OCH3 is 1. The summed E-state index contributed by atoms with van der Waals surface area (Å²) < 4.78 is 30.9. The molecule has 2 aliphatic rings. The molecule has 0 saturated carbocycles. The maximum absolute atomic E-state index is 13.3. The van der Waals surface area contributed by atoms with Crippen LogP contribution in [0.25, 0.3) is 11.3 Å². The molecule has 2 aliphatic heterocycles. The Morgan fingerprint density at radius 1 is 1.18 bits per heavy atom. The largest absolute Gasteiger partial charge is 0.497 e. The van der Waals surface area contributed by atoms with Gasteiger partial charge in [0, 0.05) is 31.0 Å². The predicted octanol–water partition coefficient (Wildman–Crippen LogP) is 2.28. The fourth-order valence-electron chi connectivity index (χ4n) is 4.53. The van der Waals surface area contributed by atoms with Crippen LogP contribution in [0.4, 0.5) is 0 Å². The third-order valence-corrected chi connectivity index (χ3v) is 7.59. The first kappa shape index (κ1) is 19.0. The lowest BCUT2D eigenvalue weighted by atomic mass is 10.0. The van der Waals surface area contributed by atoms with Crippen molar-refractivity contribution in [3.05, 3.63) is 36.0 Å². The van der Waals surface area contributed by atoms with E-state index in [1.165, 1.54) is 6.26 Å². The topological polar surface area (TPSA) is 81.5 Å². The molecule has 1 amide bonds. The number of benzene rings is 1. The van der Waals surface area contributed by atoms with Crippen molar-refractivity contribution in [2.45, 2.75) is 43.0 Å². The number of ether oxygens (including phenoxy) is 1. The third-order valence-electron chi connectivity index (χ3n) is 5.99. The monoisotopic (exact) mass is 403 g/mol. The number of carbonyl (C=O) groups excluding carboxylic acids is 1. The van der Waals surface area contributed by atoms with Gasteiger partial charge in [-0.2, -0.15) is 5.10 Å². The van der Waals surface area contributed by atoms with Crippen LogP contribution in [-0.4, -0.2) is 59.7 Å². The van der Waals surface area contributed by atoms with Crippen LogP contribution in [0.5, 0.6) is 5.75 Å². The number of nitrogens with zero attached hydrogens (tertiary/aromatic N) is 3. The molecule has 2 aromatic rings. The first-order valence-corrected chi connectivity index (χ1v) is 11.4. The molecule has 2 bridgehead atoms. The standard InChI is InChI=1S/C20H25N3O4S/c1-22-19(12-18(21-22)13-5-4-6-16(9-13)27-2)20(24)23-14-7-8-15(23)11-17(10-14)28(3,25)26/h4-6,9,12,14-15,17H,7-8,10-11H2,1-3H3. The average Bonchev–Trinajstić information content (AvgIpc) is 3.17. The second-order valence-electron chi connectivity index (χ2n) is 7.79. The lowest BCUT2D eigenvalue weighted by Gasteiger charge is -2.38. The quantitative estimate of drug-likeness (QED) is 0.782. The molecular formula is C20H25N3O4S. The molecule has 150 valence electrons. The van der Waals surface area contributed by atoms with Gasteiger partial charge in [-0.25, -0.2) is 8.42 Å². The minimum Gasteiger partial charge on any atom is -0.497 e. The molecule has 1 aromatic heterocycles. The fourth-order valence-corrected chi connectivity index (χ4v) is 5.67. The SMILES string of the molecule is COc1cccc(-c2cc(C(=O)N3C4CCC3CC(S(C)(=O)=O)C4)n(C)n2)c1. The molecule has 0 aliphatic carbocycles. The van der Waals surface area contributed by atoms with Gasteiger partial charge in [-0.15, -0.1) is 0 Å². The Labute approximate surface area is 165 Å². The van der Waals surface area contributed by atoms with Gasteiger partial charge in [0.05, 0.1) is 18.1 Å². The highest BCUT2D eigenvalue weighted by Crippen LogP contribution is 2.39. The zero-order valence-corrected chi connectivity index (χ0v) is 17.1. The smallest absolute Gasteiger partial charge is 0.272 e. The van der Waals surface area contributed by atoms with Crippen LogP contribution >= 0.6 is 0 Å². The Kier molecular flexibility index (Phi) is 4.69. The lowest BCUT2D eigenvalue weighted by Crippen LogP contribution is -2.50. The van der Waals surface area contributed by atoms with Gasteiger partial charge in [0.25, 0.3) is 5.91 Å². The van der Waals surface area contributed by atoms with E-state index >= 15 is 0 Å². The van der Waals surface area contributed by atoms with E-state index in [0.29, 0.717) is 24.2 Å². The van der Waals surface area contributed by atoms with Crippen LogP contribution in [-0.2, 0) is 16.9 Å². The van der Waals surface area contributed by atoms with Crippen LogP contribution in [0.3, 0.4) is 0 Å². The molecule has 3 heterocycles. The Balaban J connectivity index is 1.60. The molecular weight excluding hydrogens is 378 g/mol. The van der Waals surface area contributed by atoms with Gasteiger partial charge >= 0.3 is 0 Å². The van der Waals surface area contributed by atoms with E-state index in [9.17, 15) is 13.2 Å². The van der Waals surface area contributed by atoms with Gasteiger partial charge in [0.1, 0.15) is 21.3 Å². The van der Waals surface area contributed by atoms with Crippen LogP contribution in [0.15, 0.2) is 30.3 Å². The van der Waals surface area contributed by atoms with E-state index in [-0.39, 0.29) is 23.2 Å². The summed E-state index contributed by atoms with van der Waals surface area (Å²) in [5.74, 6) is 0.667. The summed E-state index contributed by atoms with van der Waals surface area (Å²) in [7, 11) is 0.300. The van der Waals surface area contributed by atoms with E-state index in [1.807, 2.05) is 29.2 Å². The van der Waals surface area contributed by atoms with Gasteiger partial charge in [0.15, 0.2) is 0 Å². The van der Waals surface area contributed by atoms with E-state index < -0.39 is 9.84 Å². The number of hydrogen-bond donors (Lipinski definition) is 0. The van der Waals surface area contributed by atoms with E-state index in [2.05, 4.69) is 5.10 Å². The molecule has 8 heteroatoms. The van der Waals surface area contributed by atoms with Gasteiger partial charge in [-0.1, -0.05) is 12.1 Å². The van der Waals surface area contributed by atoms with Crippen molar-refractivity contribution in [2.75, 3.05) is 13.4 Å². The van der Waals surface area contributed by atoms with Gasteiger partial charge in [-0.3, -0.25) is 9.48 Å². The summed E-state index contributed by atoms with van der Waals surface area (Å²) in [6.45, 7) is 0. The third kappa shape index (κ3) is 3.30. The maximum Gasteiger partial charge on any atom is 0.272 e. The number of aromatic nitrogens is 2. The Morgan fingerprint density at radius 3 is 2.46 bits per heavy atom. The minimum atomic E-state index is -3.08. The van der Waals surface area contributed by atoms with Crippen LogP contribution in [0.1, 0.15) is 36.2 Å². The molecule has 2 fully saturated rings. The van der Waals surface area contributed by atoms with Crippen molar-refractivity contribution in [1.29, 1.82) is 0 Å². The molecule has 0 N–H and O–H groups in total. The molecule has 2 unspecified atom stereocenters.